The van der Waals surface area contributed by atoms with Crippen LogP contribution in [0, 0.1) is 6.92 Å². The Bertz CT molecular complexity index is 364. The molecule has 0 aliphatic rings. The largest absolute Gasteiger partial charge is 0.399 e. The first-order valence-corrected chi connectivity index (χ1v) is 7.31. The minimum atomic E-state index is 0.357. The molecule has 0 fully saturated rings. The third-order valence-corrected chi connectivity index (χ3v) is 3.09. The van der Waals surface area contributed by atoms with Gasteiger partial charge in [-0.3, -0.25) is 0 Å². The van der Waals surface area contributed by atoms with Crippen molar-refractivity contribution in [2.24, 2.45) is 0 Å². The Morgan fingerprint density at radius 2 is 1.89 bits per heavy atom. The molecule has 19 heavy (non-hydrogen) atoms. The molecule has 1 aromatic rings. The van der Waals surface area contributed by atoms with Crippen molar-refractivity contribution in [1.29, 1.82) is 0 Å². The van der Waals surface area contributed by atoms with Crippen LogP contribution in [0.3, 0.4) is 0 Å². The molecule has 0 amide bonds. The Balaban J connectivity index is 2.04. The average Bonchev–Trinajstić information content (AvgIpc) is 2.34. The molecule has 0 aliphatic heterocycles. The van der Waals surface area contributed by atoms with E-state index in [2.05, 4.69) is 32.2 Å². The lowest BCUT2D eigenvalue weighted by atomic mass is 10.1. The summed E-state index contributed by atoms with van der Waals surface area (Å²) in [5.74, 6) is 0. The predicted molar refractivity (Wildman–Crippen MR) is 83.6 cm³/mol. The molecule has 0 aromatic heterocycles. The van der Waals surface area contributed by atoms with E-state index in [1.54, 1.807) is 0 Å². The number of hydrogen-bond donors (Lipinski definition) is 2. The summed E-state index contributed by atoms with van der Waals surface area (Å²) < 4.78 is 5.52. The van der Waals surface area contributed by atoms with E-state index in [1.165, 1.54) is 36.9 Å². The highest BCUT2D eigenvalue weighted by Gasteiger charge is 1.98. The molecule has 0 atom stereocenters. The highest BCUT2D eigenvalue weighted by molar-refractivity contribution is 5.57. The molecule has 0 saturated carbocycles. The van der Waals surface area contributed by atoms with E-state index >= 15 is 0 Å². The van der Waals surface area contributed by atoms with Crippen LogP contribution < -0.4 is 11.1 Å². The van der Waals surface area contributed by atoms with Crippen LogP contribution in [0.4, 0.5) is 11.4 Å². The number of nitrogen functional groups attached to an aromatic ring is 1. The van der Waals surface area contributed by atoms with Crippen molar-refractivity contribution in [2.75, 3.05) is 24.2 Å². The highest BCUT2D eigenvalue weighted by Crippen LogP contribution is 2.17. The van der Waals surface area contributed by atoms with Crippen molar-refractivity contribution in [2.45, 2.75) is 52.6 Å². The summed E-state index contributed by atoms with van der Waals surface area (Å²) in [5, 5.41) is 3.46. The molecule has 0 heterocycles. The van der Waals surface area contributed by atoms with Crippen LogP contribution in [-0.4, -0.2) is 19.3 Å². The van der Waals surface area contributed by atoms with Gasteiger partial charge >= 0.3 is 0 Å². The number of hydrogen-bond acceptors (Lipinski definition) is 3. The zero-order valence-electron chi connectivity index (χ0n) is 12.5. The van der Waals surface area contributed by atoms with Gasteiger partial charge in [0.05, 0.1) is 6.10 Å². The van der Waals surface area contributed by atoms with E-state index in [0.29, 0.717) is 6.10 Å². The standard InChI is InChI=1S/C16H28N2O/c1-13(2)19-11-7-5-4-6-10-18-16-9-8-15(17)12-14(16)3/h8-9,12-13,18H,4-7,10-11,17H2,1-3H3. The third kappa shape index (κ3) is 7.06. The molecular weight excluding hydrogens is 236 g/mol. The number of benzene rings is 1. The molecule has 0 aliphatic carbocycles. The van der Waals surface area contributed by atoms with Gasteiger partial charge in [-0.2, -0.15) is 0 Å². The number of nitrogens with one attached hydrogen (secondary N) is 1. The zero-order chi connectivity index (χ0) is 14.1. The predicted octanol–water partition coefficient (Wildman–Crippen LogP) is 3.97. The van der Waals surface area contributed by atoms with Crippen LogP contribution in [0.2, 0.25) is 0 Å². The average molecular weight is 264 g/mol. The second-order valence-electron chi connectivity index (χ2n) is 5.33. The lowest BCUT2D eigenvalue weighted by molar-refractivity contribution is 0.0757. The zero-order valence-corrected chi connectivity index (χ0v) is 12.5. The Hall–Kier alpha value is -1.22. The summed E-state index contributed by atoms with van der Waals surface area (Å²) >= 11 is 0. The van der Waals surface area contributed by atoms with E-state index < -0.39 is 0 Å². The lowest BCUT2D eigenvalue weighted by Gasteiger charge is -2.10. The maximum Gasteiger partial charge on any atom is 0.0518 e. The van der Waals surface area contributed by atoms with Gasteiger partial charge in [0.2, 0.25) is 0 Å². The highest BCUT2D eigenvalue weighted by atomic mass is 16.5. The summed E-state index contributed by atoms with van der Waals surface area (Å²) in [6, 6.07) is 6.01. The minimum absolute atomic E-state index is 0.357. The number of anilines is 2. The van der Waals surface area contributed by atoms with Gasteiger partial charge in [-0.05, 0) is 57.4 Å². The lowest BCUT2D eigenvalue weighted by Crippen LogP contribution is -2.05. The number of nitrogens with two attached hydrogens (primary N) is 1. The number of rotatable bonds is 9. The Morgan fingerprint density at radius 3 is 2.58 bits per heavy atom. The van der Waals surface area contributed by atoms with E-state index in [4.69, 9.17) is 10.5 Å². The first kappa shape index (κ1) is 15.8. The van der Waals surface area contributed by atoms with Gasteiger partial charge in [0.15, 0.2) is 0 Å². The molecule has 1 rings (SSSR count). The van der Waals surface area contributed by atoms with Gasteiger partial charge in [-0.15, -0.1) is 0 Å². The van der Waals surface area contributed by atoms with Crippen molar-refractivity contribution in [3.05, 3.63) is 23.8 Å². The monoisotopic (exact) mass is 264 g/mol. The molecule has 0 bridgehead atoms. The summed E-state index contributed by atoms with van der Waals surface area (Å²) in [6.07, 6.45) is 5.22. The van der Waals surface area contributed by atoms with Gasteiger partial charge in [0, 0.05) is 24.5 Å². The fourth-order valence-corrected chi connectivity index (χ4v) is 2.01. The van der Waals surface area contributed by atoms with Crippen molar-refractivity contribution in [3.8, 4) is 0 Å². The first-order chi connectivity index (χ1) is 9.09. The number of aryl methyl sites for hydroxylation is 1. The van der Waals surface area contributed by atoms with Crippen LogP contribution in [0.25, 0.3) is 0 Å². The molecule has 3 nitrogen and oxygen atoms in total. The second-order valence-corrected chi connectivity index (χ2v) is 5.33. The molecule has 108 valence electrons. The Labute approximate surface area is 117 Å². The van der Waals surface area contributed by atoms with Crippen LogP contribution in [0.1, 0.15) is 45.1 Å². The quantitative estimate of drug-likeness (QED) is 0.524. The van der Waals surface area contributed by atoms with Gasteiger partial charge in [0.1, 0.15) is 0 Å². The maximum absolute atomic E-state index is 5.73. The van der Waals surface area contributed by atoms with Gasteiger partial charge in [-0.25, -0.2) is 0 Å². The molecule has 0 spiro atoms. The van der Waals surface area contributed by atoms with Crippen LogP contribution >= 0.6 is 0 Å². The van der Waals surface area contributed by atoms with Gasteiger partial charge < -0.3 is 15.8 Å². The Kier molecular flexibility index (Phi) is 7.34. The number of ether oxygens (including phenoxy) is 1. The molecule has 0 radical (unpaired) electrons. The smallest absolute Gasteiger partial charge is 0.0518 e. The third-order valence-electron chi connectivity index (χ3n) is 3.09. The van der Waals surface area contributed by atoms with Crippen molar-refractivity contribution >= 4 is 11.4 Å². The summed E-state index contributed by atoms with van der Waals surface area (Å²) in [7, 11) is 0. The molecule has 0 saturated heterocycles. The SMILES string of the molecule is Cc1cc(N)ccc1NCCCCCCOC(C)C. The minimum Gasteiger partial charge on any atom is -0.399 e. The van der Waals surface area contributed by atoms with E-state index in [1.807, 2.05) is 12.1 Å². The topological polar surface area (TPSA) is 47.3 Å². The van der Waals surface area contributed by atoms with Crippen LogP contribution in [0.15, 0.2) is 18.2 Å². The molecular formula is C16H28N2O. The fraction of sp³-hybridized carbons (Fsp3) is 0.625. The first-order valence-electron chi connectivity index (χ1n) is 7.31. The second kappa shape index (κ2) is 8.81. The van der Waals surface area contributed by atoms with Crippen molar-refractivity contribution in [3.63, 3.8) is 0 Å². The van der Waals surface area contributed by atoms with E-state index in [0.717, 1.165) is 18.8 Å². The molecule has 1 aromatic carbocycles. The van der Waals surface area contributed by atoms with Crippen LogP contribution in [0.5, 0.6) is 0 Å². The van der Waals surface area contributed by atoms with Crippen molar-refractivity contribution in [1.82, 2.24) is 0 Å². The molecule has 3 N–H and O–H groups in total. The van der Waals surface area contributed by atoms with Crippen LogP contribution in [-0.2, 0) is 4.74 Å². The van der Waals surface area contributed by atoms with Gasteiger partial charge in [-0.1, -0.05) is 12.8 Å². The summed E-state index contributed by atoms with van der Waals surface area (Å²) in [4.78, 5) is 0. The maximum atomic E-state index is 5.73. The number of unbranched alkanes of at least 4 members (excludes halogenated alkanes) is 3. The van der Waals surface area contributed by atoms with Gasteiger partial charge in [0.25, 0.3) is 0 Å². The fourth-order valence-electron chi connectivity index (χ4n) is 2.01. The normalized spacial score (nSPS) is 10.9. The summed E-state index contributed by atoms with van der Waals surface area (Å²) in [5.41, 5.74) is 8.96. The Morgan fingerprint density at radius 1 is 1.16 bits per heavy atom. The molecule has 0 unspecified atom stereocenters. The van der Waals surface area contributed by atoms with E-state index in [-0.39, 0.29) is 0 Å². The molecule has 3 heteroatoms. The van der Waals surface area contributed by atoms with Crippen molar-refractivity contribution < 1.29 is 4.74 Å². The van der Waals surface area contributed by atoms with E-state index in [9.17, 15) is 0 Å². The summed E-state index contributed by atoms with van der Waals surface area (Å²) in [6.45, 7) is 8.16.